The van der Waals surface area contributed by atoms with Crippen LogP contribution >= 0.6 is 0 Å². The number of nitrogen functional groups attached to an aromatic ring is 1. The smallest absolute Gasteiger partial charge is 0.131 e. The average Bonchev–Trinajstić information content (AvgIpc) is 2.30. The van der Waals surface area contributed by atoms with Crippen LogP contribution in [0.5, 0.6) is 0 Å². The minimum atomic E-state index is 0.226. The molecule has 0 aliphatic carbocycles. The lowest BCUT2D eigenvalue weighted by Crippen LogP contribution is -2.39. The topological polar surface area (TPSA) is 60.6 Å². The van der Waals surface area contributed by atoms with E-state index in [0.29, 0.717) is 19.0 Å². The van der Waals surface area contributed by atoms with E-state index in [0.717, 1.165) is 12.4 Å². The van der Waals surface area contributed by atoms with E-state index in [-0.39, 0.29) is 6.04 Å². The second kappa shape index (κ2) is 7.09. The highest BCUT2D eigenvalue weighted by atomic mass is 16.5. The van der Waals surface area contributed by atoms with E-state index in [1.165, 1.54) is 0 Å². The summed E-state index contributed by atoms with van der Waals surface area (Å²) in [5, 5.41) is 0. The summed E-state index contributed by atoms with van der Waals surface area (Å²) in [4.78, 5) is 6.45. The standard InChI is InChI=1S/C12H21N3O2/c1-10(9-17-3)15(7-8-16-2)12-6-4-5-11(13)14-12/h4-6,10H,7-9H2,1-3H3,(H2,13,14). The van der Waals surface area contributed by atoms with Crippen molar-refractivity contribution in [1.82, 2.24) is 4.98 Å². The molecule has 2 N–H and O–H groups in total. The highest BCUT2D eigenvalue weighted by molar-refractivity contribution is 5.45. The minimum Gasteiger partial charge on any atom is -0.384 e. The fourth-order valence-corrected chi connectivity index (χ4v) is 1.68. The van der Waals surface area contributed by atoms with E-state index in [1.54, 1.807) is 20.3 Å². The Morgan fingerprint density at radius 1 is 1.35 bits per heavy atom. The van der Waals surface area contributed by atoms with Crippen LogP contribution in [0.3, 0.4) is 0 Å². The lowest BCUT2D eigenvalue weighted by molar-refractivity contribution is 0.170. The molecule has 0 aliphatic heterocycles. The molecule has 1 aromatic heterocycles. The van der Waals surface area contributed by atoms with Crippen molar-refractivity contribution in [3.63, 3.8) is 0 Å². The van der Waals surface area contributed by atoms with Gasteiger partial charge >= 0.3 is 0 Å². The summed E-state index contributed by atoms with van der Waals surface area (Å²) < 4.78 is 10.3. The first kappa shape index (κ1) is 13.7. The van der Waals surface area contributed by atoms with E-state index < -0.39 is 0 Å². The second-order valence-corrected chi connectivity index (χ2v) is 3.91. The van der Waals surface area contributed by atoms with Gasteiger partial charge in [0, 0.05) is 20.8 Å². The quantitative estimate of drug-likeness (QED) is 0.773. The SMILES string of the molecule is COCCN(c1cccc(N)n1)C(C)COC. The van der Waals surface area contributed by atoms with Crippen molar-refractivity contribution in [2.45, 2.75) is 13.0 Å². The third-order valence-corrected chi connectivity index (χ3v) is 2.53. The van der Waals surface area contributed by atoms with E-state index >= 15 is 0 Å². The summed E-state index contributed by atoms with van der Waals surface area (Å²) >= 11 is 0. The van der Waals surface area contributed by atoms with Crippen LogP contribution in [0.2, 0.25) is 0 Å². The van der Waals surface area contributed by atoms with E-state index in [2.05, 4.69) is 16.8 Å². The Morgan fingerprint density at radius 3 is 2.71 bits per heavy atom. The largest absolute Gasteiger partial charge is 0.384 e. The molecule has 1 unspecified atom stereocenters. The van der Waals surface area contributed by atoms with Crippen LogP contribution in [-0.2, 0) is 9.47 Å². The first-order valence-corrected chi connectivity index (χ1v) is 5.66. The van der Waals surface area contributed by atoms with Gasteiger partial charge in [0.25, 0.3) is 0 Å². The van der Waals surface area contributed by atoms with Gasteiger partial charge < -0.3 is 20.1 Å². The molecule has 0 bridgehead atoms. The lowest BCUT2D eigenvalue weighted by Gasteiger charge is -2.29. The molecule has 5 heteroatoms. The highest BCUT2D eigenvalue weighted by Crippen LogP contribution is 2.15. The molecule has 0 radical (unpaired) electrons. The van der Waals surface area contributed by atoms with Crippen LogP contribution in [0.4, 0.5) is 11.6 Å². The molecule has 1 atom stereocenters. The molecule has 1 aromatic rings. The van der Waals surface area contributed by atoms with Crippen molar-refractivity contribution in [1.29, 1.82) is 0 Å². The predicted octanol–water partition coefficient (Wildman–Crippen LogP) is 1.15. The second-order valence-electron chi connectivity index (χ2n) is 3.91. The van der Waals surface area contributed by atoms with Crippen LogP contribution in [0.15, 0.2) is 18.2 Å². The third kappa shape index (κ3) is 4.20. The Morgan fingerprint density at radius 2 is 2.12 bits per heavy atom. The first-order valence-electron chi connectivity index (χ1n) is 5.66. The maximum atomic E-state index is 5.70. The predicted molar refractivity (Wildman–Crippen MR) is 69.2 cm³/mol. The molecule has 0 spiro atoms. The van der Waals surface area contributed by atoms with Crippen LogP contribution < -0.4 is 10.6 Å². The number of methoxy groups -OCH3 is 2. The monoisotopic (exact) mass is 239 g/mol. The zero-order valence-corrected chi connectivity index (χ0v) is 10.7. The average molecular weight is 239 g/mol. The van der Waals surface area contributed by atoms with Crippen molar-refractivity contribution < 1.29 is 9.47 Å². The maximum Gasteiger partial charge on any atom is 0.131 e. The Balaban J connectivity index is 2.81. The number of aromatic nitrogens is 1. The Hall–Kier alpha value is -1.33. The van der Waals surface area contributed by atoms with E-state index in [1.807, 2.05) is 12.1 Å². The number of nitrogens with zero attached hydrogens (tertiary/aromatic N) is 2. The maximum absolute atomic E-state index is 5.70. The van der Waals surface area contributed by atoms with Crippen molar-refractivity contribution in [3.8, 4) is 0 Å². The van der Waals surface area contributed by atoms with Gasteiger partial charge in [-0.15, -0.1) is 0 Å². The molecule has 0 fully saturated rings. The van der Waals surface area contributed by atoms with Gasteiger partial charge in [0.05, 0.1) is 19.3 Å². The summed E-state index contributed by atoms with van der Waals surface area (Å²) in [6.07, 6.45) is 0. The van der Waals surface area contributed by atoms with Gasteiger partial charge in [-0.25, -0.2) is 4.98 Å². The van der Waals surface area contributed by atoms with Crippen LogP contribution in [0.1, 0.15) is 6.92 Å². The molecule has 1 heterocycles. The van der Waals surface area contributed by atoms with Crippen LogP contribution in [-0.4, -0.2) is 45.0 Å². The van der Waals surface area contributed by atoms with Crippen LogP contribution in [0.25, 0.3) is 0 Å². The molecule has 17 heavy (non-hydrogen) atoms. The van der Waals surface area contributed by atoms with Crippen LogP contribution in [0, 0.1) is 0 Å². The molecule has 0 aliphatic rings. The molecule has 0 saturated carbocycles. The van der Waals surface area contributed by atoms with Gasteiger partial charge in [-0.1, -0.05) is 6.07 Å². The molecule has 0 amide bonds. The Kier molecular flexibility index (Phi) is 5.72. The number of hydrogen-bond acceptors (Lipinski definition) is 5. The highest BCUT2D eigenvalue weighted by Gasteiger charge is 2.15. The fourth-order valence-electron chi connectivity index (χ4n) is 1.68. The molecule has 1 rings (SSSR count). The first-order chi connectivity index (χ1) is 8.19. The number of rotatable bonds is 7. The Bertz CT molecular complexity index is 333. The number of nitrogens with two attached hydrogens (primary N) is 1. The van der Waals surface area contributed by atoms with Gasteiger partial charge in [0.15, 0.2) is 0 Å². The van der Waals surface area contributed by atoms with Crippen molar-refractivity contribution in [3.05, 3.63) is 18.2 Å². The van der Waals surface area contributed by atoms with Gasteiger partial charge in [0.2, 0.25) is 0 Å². The molecule has 0 saturated heterocycles. The Labute approximate surface area is 103 Å². The number of ether oxygens (including phenoxy) is 2. The number of anilines is 2. The lowest BCUT2D eigenvalue weighted by atomic mass is 10.3. The van der Waals surface area contributed by atoms with Gasteiger partial charge in [-0.2, -0.15) is 0 Å². The molecule has 0 aromatic carbocycles. The summed E-state index contributed by atoms with van der Waals surface area (Å²) in [7, 11) is 3.38. The van der Waals surface area contributed by atoms with E-state index in [4.69, 9.17) is 15.2 Å². The zero-order chi connectivity index (χ0) is 12.7. The van der Waals surface area contributed by atoms with Gasteiger partial charge in [-0.05, 0) is 19.1 Å². The molecule has 5 nitrogen and oxygen atoms in total. The molecule has 96 valence electrons. The molecular weight excluding hydrogens is 218 g/mol. The van der Waals surface area contributed by atoms with Crippen molar-refractivity contribution >= 4 is 11.6 Å². The van der Waals surface area contributed by atoms with Crippen molar-refractivity contribution in [2.24, 2.45) is 0 Å². The van der Waals surface area contributed by atoms with Crippen molar-refractivity contribution in [2.75, 3.05) is 44.6 Å². The summed E-state index contributed by atoms with van der Waals surface area (Å²) in [5.41, 5.74) is 5.70. The fraction of sp³-hybridized carbons (Fsp3) is 0.583. The zero-order valence-electron chi connectivity index (χ0n) is 10.7. The summed E-state index contributed by atoms with van der Waals surface area (Å²) in [5.74, 6) is 1.38. The summed E-state index contributed by atoms with van der Waals surface area (Å²) in [6, 6.07) is 5.85. The van der Waals surface area contributed by atoms with Gasteiger partial charge in [-0.3, -0.25) is 0 Å². The third-order valence-electron chi connectivity index (χ3n) is 2.53. The summed E-state index contributed by atoms with van der Waals surface area (Å²) in [6.45, 7) is 4.13. The minimum absolute atomic E-state index is 0.226. The number of hydrogen-bond donors (Lipinski definition) is 1. The molecular formula is C12H21N3O2. The number of pyridine rings is 1. The van der Waals surface area contributed by atoms with E-state index in [9.17, 15) is 0 Å². The normalized spacial score (nSPS) is 12.4. The van der Waals surface area contributed by atoms with Gasteiger partial charge in [0.1, 0.15) is 11.6 Å².